The maximum absolute atomic E-state index is 13.2. The molecule has 0 spiro atoms. The Morgan fingerprint density at radius 2 is 1.83 bits per heavy atom. The standard InChI is InChI=1S/C22H21N3O4/c1-22(2,3)19(28)16-17(12-7-6-8-13(26)11-12)25(20(29)18(16)27)21-23-14-9-4-5-10-15(14)24-21/h4-11,17,26-27H,1-3H3,(H,23,24). The second-order valence-corrected chi connectivity index (χ2v) is 8.09. The molecule has 148 valence electrons. The first-order valence-electron chi connectivity index (χ1n) is 9.23. The van der Waals surface area contributed by atoms with Crippen LogP contribution in [0.15, 0.2) is 59.9 Å². The molecule has 2 aromatic carbocycles. The molecule has 1 aliphatic heterocycles. The number of aliphatic hydroxyl groups excluding tert-OH is 1. The summed E-state index contributed by atoms with van der Waals surface area (Å²) in [5, 5.41) is 20.6. The number of aromatic nitrogens is 2. The molecule has 7 heteroatoms. The Bertz CT molecular complexity index is 1140. The number of phenols is 1. The number of fused-ring (bicyclic) bond motifs is 1. The number of benzene rings is 2. The van der Waals surface area contributed by atoms with Gasteiger partial charge in [0.15, 0.2) is 11.5 Å². The van der Waals surface area contributed by atoms with Gasteiger partial charge in [0.2, 0.25) is 5.95 Å². The molecule has 7 nitrogen and oxygen atoms in total. The molecule has 0 bridgehead atoms. The number of amides is 1. The van der Waals surface area contributed by atoms with Crippen molar-refractivity contribution in [3.63, 3.8) is 0 Å². The van der Waals surface area contributed by atoms with E-state index in [4.69, 9.17) is 0 Å². The third-order valence-electron chi connectivity index (χ3n) is 4.92. The van der Waals surface area contributed by atoms with Crippen molar-refractivity contribution in [2.24, 2.45) is 5.41 Å². The van der Waals surface area contributed by atoms with Crippen LogP contribution in [0.5, 0.6) is 5.75 Å². The Hall–Kier alpha value is -3.61. The zero-order valence-electron chi connectivity index (χ0n) is 16.3. The van der Waals surface area contributed by atoms with Crippen molar-refractivity contribution in [1.82, 2.24) is 9.97 Å². The van der Waals surface area contributed by atoms with Crippen molar-refractivity contribution < 1.29 is 19.8 Å². The third-order valence-corrected chi connectivity index (χ3v) is 4.92. The highest BCUT2D eigenvalue weighted by Crippen LogP contribution is 2.43. The zero-order valence-corrected chi connectivity index (χ0v) is 16.3. The molecule has 0 fully saturated rings. The fourth-order valence-electron chi connectivity index (χ4n) is 3.52. The molecule has 2 heterocycles. The number of Topliss-reactive ketones (excluding diaryl/α,β-unsaturated/α-hetero) is 1. The normalized spacial score (nSPS) is 17.4. The summed E-state index contributed by atoms with van der Waals surface area (Å²) in [6, 6.07) is 12.7. The lowest BCUT2D eigenvalue weighted by Gasteiger charge is -2.27. The Labute approximate surface area is 167 Å². The first kappa shape index (κ1) is 18.7. The van der Waals surface area contributed by atoms with Crippen LogP contribution >= 0.6 is 0 Å². The second-order valence-electron chi connectivity index (χ2n) is 8.09. The molecule has 3 aromatic rings. The summed E-state index contributed by atoms with van der Waals surface area (Å²) in [7, 11) is 0. The smallest absolute Gasteiger partial charge is 0.296 e. The molecule has 0 aliphatic carbocycles. The summed E-state index contributed by atoms with van der Waals surface area (Å²) in [6.07, 6.45) is 0. The summed E-state index contributed by atoms with van der Waals surface area (Å²) in [5.41, 5.74) is 1.05. The average Bonchev–Trinajstić information content (AvgIpc) is 3.19. The van der Waals surface area contributed by atoms with Crippen molar-refractivity contribution >= 4 is 28.7 Å². The number of carbonyl (C=O) groups excluding carboxylic acids is 2. The number of anilines is 1. The molecule has 3 N–H and O–H groups in total. The number of ketones is 1. The van der Waals surface area contributed by atoms with Gasteiger partial charge in [-0.25, -0.2) is 4.98 Å². The molecule has 1 unspecified atom stereocenters. The summed E-state index contributed by atoms with van der Waals surface area (Å²) >= 11 is 0. The van der Waals surface area contributed by atoms with E-state index in [1.54, 1.807) is 39.0 Å². The summed E-state index contributed by atoms with van der Waals surface area (Å²) < 4.78 is 0. The quantitative estimate of drug-likeness (QED) is 0.630. The van der Waals surface area contributed by atoms with Gasteiger partial charge >= 0.3 is 0 Å². The van der Waals surface area contributed by atoms with Crippen LogP contribution in [0.4, 0.5) is 5.95 Å². The molecule has 4 rings (SSSR count). The fraction of sp³-hybridized carbons (Fsp3) is 0.227. The number of aromatic hydroxyl groups is 1. The lowest BCUT2D eigenvalue weighted by atomic mass is 9.82. The molecule has 0 saturated heterocycles. The van der Waals surface area contributed by atoms with Gasteiger partial charge in [-0.2, -0.15) is 0 Å². The van der Waals surface area contributed by atoms with Crippen LogP contribution in [0, 0.1) is 5.41 Å². The molecule has 1 aliphatic rings. The maximum Gasteiger partial charge on any atom is 0.296 e. The van der Waals surface area contributed by atoms with Gasteiger partial charge in [0.25, 0.3) is 5.91 Å². The minimum Gasteiger partial charge on any atom is -0.508 e. The SMILES string of the molecule is CC(C)(C)C(=O)C1=C(O)C(=O)N(c2nc3ccccc3[nH]2)C1c1cccc(O)c1. The molecule has 0 saturated carbocycles. The number of hydrogen-bond acceptors (Lipinski definition) is 5. The number of nitrogens with one attached hydrogen (secondary N) is 1. The van der Waals surface area contributed by atoms with E-state index in [0.29, 0.717) is 11.1 Å². The Morgan fingerprint density at radius 1 is 1.10 bits per heavy atom. The van der Waals surface area contributed by atoms with Crippen LogP contribution in [0.1, 0.15) is 32.4 Å². The zero-order chi connectivity index (χ0) is 20.9. The molecule has 0 radical (unpaired) electrons. The average molecular weight is 391 g/mol. The third kappa shape index (κ3) is 3.04. The molecule has 29 heavy (non-hydrogen) atoms. The van der Waals surface area contributed by atoms with Gasteiger partial charge in [-0.3, -0.25) is 14.5 Å². The minimum atomic E-state index is -0.915. The van der Waals surface area contributed by atoms with E-state index in [1.807, 2.05) is 18.2 Å². The number of hydrogen-bond donors (Lipinski definition) is 3. The lowest BCUT2D eigenvalue weighted by molar-refractivity contribution is -0.123. The van der Waals surface area contributed by atoms with Crippen molar-refractivity contribution in [1.29, 1.82) is 0 Å². The highest BCUT2D eigenvalue weighted by Gasteiger charge is 2.47. The largest absolute Gasteiger partial charge is 0.508 e. The van der Waals surface area contributed by atoms with Gasteiger partial charge < -0.3 is 15.2 Å². The van der Waals surface area contributed by atoms with Gasteiger partial charge in [0, 0.05) is 5.41 Å². The molecule has 1 amide bonds. The fourth-order valence-corrected chi connectivity index (χ4v) is 3.52. The predicted molar refractivity (Wildman–Crippen MR) is 109 cm³/mol. The van der Waals surface area contributed by atoms with Gasteiger partial charge in [0.05, 0.1) is 22.6 Å². The minimum absolute atomic E-state index is 0.00597. The van der Waals surface area contributed by atoms with Crippen LogP contribution in [-0.4, -0.2) is 31.9 Å². The number of imidazole rings is 1. The summed E-state index contributed by atoms with van der Waals surface area (Å²) in [5.74, 6) is -1.46. The first-order valence-corrected chi connectivity index (χ1v) is 9.23. The van der Waals surface area contributed by atoms with E-state index < -0.39 is 23.1 Å². The monoisotopic (exact) mass is 391 g/mol. The van der Waals surface area contributed by atoms with Crippen LogP contribution in [0.3, 0.4) is 0 Å². The molecule has 1 aromatic heterocycles. The Kier molecular flexibility index (Phi) is 4.19. The molecular formula is C22H21N3O4. The lowest BCUT2D eigenvalue weighted by Crippen LogP contribution is -2.33. The van der Waals surface area contributed by atoms with Gasteiger partial charge in [-0.1, -0.05) is 45.0 Å². The first-order chi connectivity index (χ1) is 13.7. The van der Waals surface area contributed by atoms with Crippen LogP contribution in [0.2, 0.25) is 0 Å². The van der Waals surface area contributed by atoms with Crippen molar-refractivity contribution in [3.8, 4) is 5.75 Å². The van der Waals surface area contributed by atoms with Gasteiger partial charge in [-0.15, -0.1) is 0 Å². The van der Waals surface area contributed by atoms with E-state index in [-0.39, 0.29) is 23.1 Å². The van der Waals surface area contributed by atoms with Gasteiger partial charge in [-0.05, 0) is 29.8 Å². The van der Waals surface area contributed by atoms with Crippen molar-refractivity contribution in [2.75, 3.05) is 4.90 Å². The van der Waals surface area contributed by atoms with Crippen LogP contribution in [-0.2, 0) is 9.59 Å². The highest BCUT2D eigenvalue weighted by atomic mass is 16.3. The van der Waals surface area contributed by atoms with E-state index in [9.17, 15) is 19.8 Å². The molecular weight excluding hydrogens is 370 g/mol. The predicted octanol–water partition coefficient (Wildman–Crippen LogP) is 3.78. The number of aliphatic hydroxyl groups is 1. The Morgan fingerprint density at radius 3 is 2.48 bits per heavy atom. The maximum atomic E-state index is 13.2. The van der Waals surface area contributed by atoms with E-state index in [1.165, 1.54) is 17.0 Å². The number of aromatic amines is 1. The summed E-state index contributed by atoms with van der Waals surface area (Å²) in [6.45, 7) is 5.18. The number of rotatable bonds is 3. The number of phenolic OH excluding ortho intramolecular Hbond substituents is 1. The highest BCUT2D eigenvalue weighted by molar-refractivity contribution is 6.17. The number of nitrogens with zero attached hydrogens (tertiary/aromatic N) is 2. The number of carbonyl (C=O) groups is 2. The topological polar surface area (TPSA) is 107 Å². The van der Waals surface area contributed by atoms with Crippen LogP contribution < -0.4 is 4.90 Å². The van der Waals surface area contributed by atoms with E-state index in [0.717, 1.165) is 5.52 Å². The van der Waals surface area contributed by atoms with Crippen LogP contribution in [0.25, 0.3) is 11.0 Å². The van der Waals surface area contributed by atoms with Gasteiger partial charge in [0.1, 0.15) is 5.75 Å². The molecule has 1 atom stereocenters. The number of para-hydroxylation sites is 2. The Balaban J connectivity index is 1.92. The van der Waals surface area contributed by atoms with E-state index in [2.05, 4.69) is 9.97 Å². The summed E-state index contributed by atoms with van der Waals surface area (Å²) in [4.78, 5) is 35.0. The second kappa shape index (κ2) is 6.48. The number of H-pyrrole nitrogens is 1. The van der Waals surface area contributed by atoms with Crippen molar-refractivity contribution in [2.45, 2.75) is 26.8 Å². The van der Waals surface area contributed by atoms with Crippen molar-refractivity contribution in [3.05, 3.63) is 65.4 Å². The van der Waals surface area contributed by atoms with E-state index >= 15 is 0 Å².